The number of hydrazone groups is 1. The molecule has 0 aliphatic carbocycles. The molecule has 1 N–H and O–H groups in total. The number of hydrogen-bond acceptors (Lipinski definition) is 4. The molecule has 1 amide bonds. The highest BCUT2D eigenvalue weighted by molar-refractivity contribution is 5.94. The molecule has 2 aromatic heterocycles. The second-order valence-electron chi connectivity index (χ2n) is 3.99. The van der Waals surface area contributed by atoms with Crippen LogP contribution in [-0.2, 0) is 6.54 Å². The number of pyridine rings is 2. The van der Waals surface area contributed by atoms with Gasteiger partial charge in [-0.1, -0.05) is 0 Å². The molecule has 0 spiro atoms. The second-order valence-corrected chi connectivity index (χ2v) is 3.99. The summed E-state index contributed by atoms with van der Waals surface area (Å²) in [6, 6.07) is 6.64. The smallest absolute Gasteiger partial charge is 0.276 e. The molecular weight excluding hydrogens is 256 g/mol. The van der Waals surface area contributed by atoms with E-state index in [9.17, 15) is 9.59 Å². The van der Waals surface area contributed by atoms with Gasteiger partial charge in [0.15, 0.2) is 0 Å². The zero-order chi connectivity index (χ0) is 14.4. The molecule has 0 radical (unpaired) electrons. The summed E-state index contributed by atoms with van der Waals surface area (Å²) in [4.78, 5) is 27.7. The summed E-state index contributed by atoms with van der Waals surface area (Å²) in [5, 5.41) is 3.81. The maximum Gasteiger partial charge on any atom is 0.276 e. The van der Waals surface area contributed by atoms with Gasteiger partial charge in [-0.15, -0.1) is 0 Å². The lowest BCUT2D eigenvalue weighted by molar-refractivity contribution is 0.0953. The lowest BCUT2D eigenvalue weighted by Crippen LogP contribution is -2.30. The van der Waals surface area contributed by atoms with E-state index in [4.69, 9.17) is 0 Å². The summed E-state index contributed by atoms with van der Waals surface area (Å²) in [6.45, 7) is 2.35. The summed E-state index contributed by atoms with van der Waals surface area (Å²) in [5.74, 6) is -0.525. The molecule has 0 aromatic carbocycles. The Morgan fingerprint density at radius 3 is 2.85 bits per heavy atom. The van der Waals surface area contributed by atoms with Crippen LogP contribution in [0.15, 0.2) is 52.8 Å². The van der Waals surface area contributed by atoms with Gasteiger partial charge >= 0.3 is 0 Å². The molecule has 20 heavy (non-hydrogen) atoms. The molecule has 0 bridgehead atoms. The molecular formula is C14H14N4O2. The standard InChI is InChI=1S/C14H14N4O2/c1-2-18-9-3-4-12(14(18)20)13(19)17-16-10-11-5-7-15-8-6-11/h3-10H,2H2,1H3,(H,17,19)/b16-10-. The average molecular weight is 270 g/mol. The highest BCUT2D eigenvalue weighted by Crippen LogP contribution is 1.93. The van der Waals surface area contributed by atoms with Crippen LogP contribution in [0.5, 0.6) is 0 Å². The monoisotopic (exact) mass is 270 g/mol. The fourth-order valence-corrected chi connectivity index (χ4v) is 1.63. The summed E-state index contributed by atoms with van der Waals surface area (Å²) in [5.41, 5.74) is 2.88. The summed E-state index contributed by atoms with van der Waals surface area (Å²) in [7, 11) is 0. The first kappa shape index (κ1) is 13.7. The number of nitrogens with one attached hydrogen (secondary N) is 1. The van der Waals surface area contributed by atoms with Crippen LogP contribution in [0, 0.1) is 0 Å². The molecule has 0 saturated heterocycles. The highest BCUT2D eigenvalue weighted by atomic mass is 16.2. The third-order valence-corrected chi connectivity index (χ3v) is 2.69. The summed E-state index contributed by atoms with van der Waals surface area (Å²) < 4.78 is 1.46. The molecule has 6 heteroatoms. The largest absolute Gasteiger partial charge is 0.315 e. The Balaban J connectivity index is 2.10. The Morgan fingerprint density at radius 1 is 1.40 bits per heavy atom. The number of nitrogens with zero attached hydrogens (tertiary/aromatic N) is 3. The fraction of sp³-hybridized carbons (Fsp3) is 0.143. The van der Waals surface area contributed by atoms with E-state index in [0.29, 0.717) is 6.54 Å². The molecule has 0 fully saturated rings. The van der Waals surface area contributed by atoms with Gasteiger partial charge < -0.3 is 4.57 Å². The predicted octanol–water partition coefficient (Wildman–Crippen LogP) is 1.03. The third-order valence-electron chi connectivity index (χ3n) is 2.69. The molecule has 0 unspecified atom stereocenters. The molecule has 102 valence electrons. The molecule has 2 aromatic rings. The first-order chi connectivity index (χ1) is 9.72. The molecule has 6 nitrogen and oxygen atoms in total. The Kier molecular flexibility index (Phi) is 4.39. The van der Waals surface area contributed by atoms with Crippen LogP contribution in [0.3, 0.4) is 0 Å². The molecule has 0 aliphatic rings. The lowest BCUT2D eigenvalue weighted by atomic mass is 10.2. The van der Waals surface area contributed by atoms with E-state index in [1.165, 1.54) is 16.8 Å². The molecule has 0 saturated carbocycles. The van der Waals surface area contributed by atoms with Gasteiger partial charge in [0.05, 0.1) is 6.21 Å². The summed E-state index contributed by atoms with van der Waals surface area (Å²) in [6.07, 6.45) is 6.38. The SMILES string of the molecule is CCn1cccc(C(=O)N/N=C\c2ccncc2)c1=O. The van der Waals surface area contributed by atoms with Crippen molar-refractivity contribution >= 4 is 12.1 Å². The van der Waals surface area contributed by atoms with Gasteiger partial charge in [-0.25, -0.2) is 5.43 Å². The van der Waals surface area contributed by atoms with Crippen molar-refractivity contribution < 1.29 is 4.79 Å². The van der Waals surface area contributed by atoms with Crippen LogP contribution in [0.25, 0.3) is 0 Å². The molecule has 0 aliphatic heterocycles. The van der Waals surface area contributed by atoms with E-state index in [-0.39, 0.29) is 11.1 Å². The number of aryl methyl sites for hydroxylation is 1. The van der Waals surface area contributed by atoms with Crippen LogP contribution >= 0.6 is 0 Å². The van der Waals surface area contributed by atoms with Gasteiger partial charge in [0.1, 0.15) is 5.56 Å². The maximum absolute atomic E-state index is 11.9. The van der Waals surface area contributed by atoms with Gasteiger partial charge in [0.25, 0.3) is 11.5 Å². The molecule has 0 atom stereocenters. The van der Waals surface area contributed by atoms with Crippen LogP contribution in [0.2, 0.25) is 0 Å². The number of hydrogen-bond donors (Lipinski definition) is 1. The van der Waals surface area contributed by atoms with Crippen molar-refractivity contribution in [3.63, 3.8) is 0 Å². The molecule has 2 rings (SSSR count). The Hall–Kier alpha value is -2.76. The van der Waals surface area contributed by atoms with Gasteiger partial charge in [-0.3, -0.25) is 14.6 Å². The lowest BCUT2D eigenvalue weighted by Gasteiger charge is -2.03. The number of rotatable bonds is 4. The Labute approximate surface area is 115 Å². The van der Waals surface area contributed by atoms with E-state index in [1.807, 2.05) is 6.92 Å². The summed E-state index contributed by atoms with van der Waals surface area (Å²) >= 11 is 0. The number of carbonyl (C=O) groups is 1. The van der Waals surface area contributed by atoms with Gasteiger partial charge in [0, 0.05) is 25.1 Å². The second kappa shape index (κ2) is 6.42. The quantitative estimate of drug-likeness (QED) is 0.666. The van der Waals surface area contributed by atoms with Crippen molar-refractivity contribution in [2.45, 2.75) is 13.5 Å². The van der Waals surface area contributed by atoms with E-state index in [0.717, 1.165) is 5.56 Å². The number of amides is 1. The number of aromatic nitrogens is 2. The topological polar surface area (TPSA) is 76.3 Å². The van der Waals surface area contributed by atoms with Crippen molar-refractivity contribution in [3.8, 4) is 0 Å². The van der Waals surface area contributed by atoms with Gasteiger partial charge in [-0.2, -0.15) is 5.10 Å². The highest BCUT2D eigenvalue weighted by Gasteiger charge is 2.10. The van der Waals surface area contributed by atoms with Crippen LogP contribution < -0.4 is 11.0 Å². The van der Waals surface area contributed by atoms with Gasteiger partial charge in [0.2, 0.25) is 0 Å². The van der Waals surface area contributed by atoms with Crippen molar-refractivity contribution in [2.75, 3.05) is 0 Å². The first-order valence-electron chi connectivity index (χ1n) is 6.15. The van der Waals surface area contributed by atoms with E-state index in [1.54, 1.807) is 36.8 Å². The predicted molar refractivity (Wildman–Crippen MR) is 75.7 cm³/mol. The number of carbonyl (C=O) groups excluding carboxylic acids is 1. The molecule has 2 heterocycles. The van der Waals surface area contributed by atoms with E-state index < -0.39 is 5.91 Å². The Bertz CT molecular complexity index is 677. The third kappa shape index (κ3) is 3.17. The Morgan fingerprint density at radius 2 is 2.15 bits per heavy atom. The van der Waals surface area contributed by atoms with Crippen molar-refractivity contribution in [1.82, 2.24) is 15.0 Å². The minimum absolute atomic E-state index is 0.0706. The zero-order valence-corrected chi connectivity index (χ0v) is 11.0. The van der Waals surface area contributed by atoms with Crippen molar-refractivity contribution in [3.05, 3.63) is 64.3 Å². The van der Waals surface area contributed by atoms with E-state index in [2.05, 4.69) is 15.5 Å². The minimum Gasteiger partial charge on any atom is -0.315 e. The zero-order valence-electron chi connectivity index (χ0n) is 11.0. The van der Waals surface area contributed by atoms with Crippen LogP contribution in [0.4, 0.5) is 0 Å². The van der Waals surface area contributed by atoms with Crippen LogP contribution in [-0.4, -0.2) is 21.7 Å². The maximum atomic E-state index is 11.9. The fourth-order valence-electron chi connectivity index (χ4n) is 1.63. The normalized spacial score (nSPS) is 10.7. The van der Waals surface area contributed by atoms with Crippen LogP contribution in [0.1, 0.15) is 22.8 Å². The van der Waals surface area contributed by atoms with E-state index >= 15 is 0 Å². The average Bonchev–Trinajstić information content (AvgIpc) is 2.48. The minimum atomic E-state index is -0.525. The first-order valence-corrected chi connectivity index (χ1v) is 6.15. The van der Waals surface area contributed by atoms with Crippen molar-refractivity contribution in [2.24, 2.45) is 5.10 Å². The van der Waals surface area contributed by atoms with Gasteiger partial charge in [-0.05, 0) is 36.8 Å². The van der Waals surface area contributed by atoms with Crippen molar-refractivity contribution in [1.29, 1.82) is 0 Å².